The van der Waals surface area contributed by atoms with Crippen molar-refractivity contribution in [1.29, 1.82) is 0 Å². The number of piperazine rings is 1. The lowest BCUT2D eigenvalue weighted by Gasteiger charge is -2.36. The second kappa shape index (κ2) is 7.23. The van der Waals surface area contributed by atoms with E-state index in [9.17, 15) is 18.3 Å². The summed E-state index contributed by atoms with van der Waals surface area (Å²) in [6.45, 7) is 3.35. The Kier molecular flexibility index (Phi) is 5.03. The highest BCUT2D eigenvalue weighted by Gasteiger charge is 2.32. The fourth-order valence-corrected chi connectivity index (χ4v) is 2.92. The van der Waals surface area contributed by atoms with Crippen LogP contribution in [0.2, 0.25) is 0 Å². The van der Waals surface area contributed by atoms with Crippen LogP contribution in [0, 0.1) is 0 Å². The fraction of sp³-hybridized carbons (Fsp3) is 0.333. The fourth-order valence-electron chi connectivity index (χ4n) is 2.92. The molecule has 1 aliphatic heterocycles. The maximum atomic E-state index is 12.5. The molecule has 7 heteroatoms. The van der Waals surface area contributed by atoms with Gasteiger partial charge in [-0.2, -0.15) is 0 Å². The minimum absolute atomic E-state index is 0.0244. The molecule has 0 saturated carbocycles. The van der Waals surface area contributed by atoms with Crippen LogP contribution in [0.15, 0.2) is 48.5 Å². The zero-order valence-corrected chi connectivity index (χ0v) is 13.5. The van der Waals surface area contributed by atoms with Crippen molar-refractivity contribution < 1.29 is 23.0 Å². The van der Waals surface area contributed by atoms with E-state index in [0.29, 0.717) is 12.1 Å². The third kappa shape index (κ3) is 4.79. The molecule has 2 aromatic rings. The Hall–Kier alpha value is -2.41. The lowest BCUT2D eigenvalue weighted by molar-refractivity contribution is -0.275. The first-order valence-electron chi connectivity index (χ1n) is 7.99. The van der Waals surface area contributed by atoms with Crippen molar-refractivity contribution in [2.24, 2.45) is 0 Å². The molecule has 1 fully saturated rings. The number of hydrogen-bond acceptors (Lipinski definition) is 3. The van der Waals surface area contributed by atoms with Crippen molar-refractivity contribution in [2.75, 3.05) is 31.1 Å². The third-order valence-electron chi connectivity index (χ3n) is 4.17. The molecule has 4 nitrogen and oxygen atoms in total. The van der Waals surface area contributed by atoms with Gasteiger partial charge in [-0.05, 0) is 30.3 Å². The van der Waals surface area contributed by atoms with Gasteiger partial charge in [0.1, 0.15) is 5.75 Å². The molecule has 25 heavy (non-hydrogen) atoms. The maximum absolute atomic E-state index is 12.5. The first-order chi connectivity index (χ1) is 11.9. The van der Waals surface area contributed by atoms with Gasteiger partial charge in [-0.25, -0.2) is 0 Å². The van der Waals surface area contributed by atoms with Gasteiger partial charge in [-0.3, -0.25) is 10.0 Å². The van der Waals surface area contributed by atoms with E-state index in [4.69, 9.17) is 0 Å². The molecular weight excluding hydrogens is 333 g/mol. The summed E-state index contributed by atoms with van der Waals surface area (Å²) in [6, 6.07) is 12.9. The van der Waals surface area contributed by atoms with E-state index in [0.717, 1.165) is 31.9 Å². The van der Waals surface area contributed by atoms with Crippen LogP contribution in [0.1, 0.15) is 5.56 Å². The monoisotopic (exact) mass is 351 g/mol. The second-order valence-electron chi connectivity index (χ2n) is 5.91. The highest BCUT2D eigenvalue weighted by molar-refractivity contribution is 5.49. The summed E-state index contributed by atoms with van der Waals surface area (Å²) in [5, 5.41) is 11.2. The Labute approximate surface area is 144 Å². The quantitative estimate of drug-likeness (QED) is 0.834. The van der Waals surface area contributed by atoms with Crippen molar-refractivity contribution in [1.82, 2.24) is 4.90 Å². The van der Waals surface area contributed by atoms with Crippen LogP contribution in [0.5, 0.6) is 11.5 Å². The SMILES string of the molecule is [O]c1ccc(N2CCN(Cc3ccccc3OC(F)(F)F)CC2)cc1. The van der Waals surface area contributed by atoms with Crippen LogP contribution in [0.4, 0.5) is 18.9 Å². The number of benzene rings is 2. The number of para-hydroxylation sites is 1. The van der Waals surface area contributed by atoms with Gasteiger partial charge in [0.2, 0.25) is 0 Å². The average molecular weight is 351 g/mol. The standard InChI is InChI=1S/C18H18F3N2O2/c19-18(20,21)25-17-4-2-1-3-14(17)13-22-9-11-23(12-10-22)15-5-7-16(24)8-6-15/h1-8H,9-13H2. The number of hydrogen-bond donors (Lipinski definition) is 0. The molecule has 3 rings (SSSR count). The molecule has 133 valence electrons. The van der Waals surface area contributed by atoms with E-state index >= 15 is 0 Å². The Bertz CT molecular complexity index is 696. The predicted octanol–water partition coefficient (Wildman–Crippen LogP) is 4.05. The minimum Gasteiger partial charge on any atom is -0.405 e. The summed E-state index contributed by atoms with van der Waals surface area (Å²) in [5.41, 5.74) is 1.50. The molecule has 1 heterocycles. The number of alkyl halides is 3. The molecule has 0 bridgehead atoms. The van der Waals surface area contributed by atoms with Gasteiger partial charge in [0.25, 0.3) is 0 Å². The molecule has 0 amide bonds. The van der Waals surface area contributed by atoms with Gasteiger partial charge in [0.15, 0.2) is 5.75 Å². The highest BCUT2D eigenvalue weighted by atomic mass is 19.4. The van der Waals surface area contributed by atoms with E-state index in [-0.39, 0.29) is 11.5 Å². The number of anilines is 1. The predicted molar refractivity (Wildman–Crippen MR) is 87.2 cm³/mol. The van der Waals surface area contributed by atoms with Gasteiger partial charge in [0, 0.05) is 44.0 Å². The van der Waals surface area contributed by atoms with Crippen molar-refractivity contribution in [3.63, 3.8) is 0 Å². The Balaban J connectivity index is 1.60. The summed E-state index contributed by atoms with van der Waals surface area (Å²) in [5.74, 6) is -0.174. The summed E-state index contributed by atoms with van der Waals surface area (Å²) < 4.78 is 41.6. The van der Waals surface area contributed by atoms with Crippen LogP contribution in [-0.4, -0.2) is 37.4 Å². The van der Waals surface area contributed by atoms with Crippen molar-refractivity contribution in [3.8, 4) is 11.5 Å². The average Bonchev–Trinajstić information content (AvgIpc) is 2.57. The van der Waals surface area contributed by atoms with Gasteiger partial charge in [-0.15, -0.1) is 13.2 Å². The summed E-state index contributed by atoms with van der Waals surface area (Å²) in [7, 11) is 0. The van der Waals surface area contributed by atoms with E-state index in [1.165, 1.54) is 24.3 Å². The maximum Gasteiger partial charge on any atom is 0.573 e. The molecule has 0 unspecified atom stereocenters. The molecular formula is C18H18F3N2O2. The lowest BCUT2D eigenvalue weighted by Crippen LogP contribution is -2.46. The Morgan fingerprint density at radius 2 is 1.56 bits per heavy atom. The molecule has 0 N–H and O–H groups in total. The molecule has 0 atom stereocenters. The summed E-state index contributed by atoms with van der Waals surface area (Å²) in [6.07, 6.45) is -4.69. The van der Waals surface area contributed by atoms with Gasteiger partial charge in [-0.1, -0.05) is 18.2 Å². The Morgan fingerprint density at radius 3 is 2.20 bits per heavy atom. The lowest BCUT2D eigenvalue weighted by atomic mass is 10.1. The van der Waals surface area contributed by atoms with E-state index in [1.807, 2.05) is 0 Å². The van der Waals surface area contributed by atoms with Crippen LogP contribution in [0.25, 0.3) is 0 Å². The van der Waals surface area contributed by atoms with Gasteiger partial charge >= 0.3 is 6.36 Å². The van der Waals surface area contributed by atoms with Crippen LogP contribution < -0.4 is 9.64 Å². The minimum atomic E-state index is -4.69. The second-order valence-corrected chi connectivity index (χ2v) is 5.91. The third-order valence-corrected chi connectivity index (χ3v) is 4.17. The first kappa shape index (κ1) is 17.4. The van der Waals surface area contributed by atoms with Crippen LogP contribution in [0.3, 0.4) is 0 Å². The first-order valence-corrected chi connectivity index (χ1v) is 7.99. The highest BCUT2D eigenvalue weighted by Crippen LogP contribution is 2.28. The Morgan fingerprint density at radius 1 is 0.920 bits per heavy atom. The van der Waals surface area contributed by atoms with Crippen molar-refractivity contribution in [2.45, 2.75) is 12.9 Å². The summed E-state index contributed by atoms with van der Waals surface area (Å²) >= 11 is 0. The zero-order valence-electron chi connectivity index (χ0n) is 13.5. The molecule has 1 aliphatic rings. The van der Waals surface area contributed by atoms with Crippen LogP contribution >= 0.6 is 0 Å². The van der Waals surface area contributed by atoms with E-state index in [2.05, 4.69) is 14.5 Å². The number of halogens is 3. The van der Waals surface area contributed by atoms with Gasteiger partial charge < -0.3 is 9.64 Å². The largest absolute Gasteiger partial charge is 0.573 e. The topological polar surface area (TPSA) is 35.6 Å². The molecule has 1 radical (unpaired) electrons. The van der Waals surface area contributed by atoms with Crippen molar-refractivity contribution >= 4 is 5.69 Å². The summed E-state index contributed by atoms with van der Waals surface area (Å²) in [4.78, 5) is 4.26. The number of rotatable bonds is 4. The van der Waals surface area contributed by atoms with E-state index in [1.54, 1.807) is 24.3 Å². The normalized spacial score (nSPS) is 16.0. The molecule has 2 aromatic carbocycles. The van der Waals surface area contributed by atoms with Crippen molar-refractivity contribution in [3.05, 3.63) is 54.1 Å². The smallest absolute Gasteiger partial charge is 0.405 e. The van der Waals surface area contributed by atoms with Crippen LogP contribution in [-0.2, 0) is 11.7 Å². The number of ether oxygens (including phenoxy) is 1. The molecule has 0 spiro atoms. The van der Waals surface area contributed by atoms with Gasteiger partial charge in [0.05, 0.1) is 0 Å². The number of nitrogens with zero attached hydrogens (tertiary/aromatic N) is 2. The molecule has 0 aromatic heterocycles. The van der Waals surface area contributed by atoms with E-state index < -0.39 is 6.36 Å². The molecule has 1 saturated heterocycles. The zero-order chi connectivity index (χ0) is 17.9. The molecule has 0 aliphatic carbocycles.